The Morgan fingerprint density at radius 3 is 2.85 bits per heavy atom. The molecule has 3 nitrogen and oxygen atoms in total. The number of hydrogen-bond donors (Lipinski definition) is 2. The Morgan fingerprint density at radius 2 is 2.38 bits per heavy atom. The topological polar surface area (TPSA) is 55.1 Å². The Hall–Kier alpha value is -0.220. The fourth-order valence-electron chi connectivity index (χ4n) is 1.34. The average Bonchev–Trinajstić information content (AvgIpc) is 2.34. The van der Waals surface area contributed by atoms with Gasteiger partial charge >= 0.3 is 0 Å². The van der Waals surface area contributed by atoms with Crippen molar-refractivity contribution in [2.24, 2.45) is 5.73 Å². The molecule has 0 spiro atoms. The number of nitrogens with one attached hydrogen (secondary N) is 1. The molecule has 1 aliphatic rings. The van der Waals surface area contributed by atoms with E-state index in [1.54, 1.807) is 0 Å². The van der Waals surface area contributed by atoms with Gasteiger partial charge in [-0.15, -0.1) is 0 Å². The smallest absolute Gasteiger partial charge is 0.222 e. The first-order valence-electron chi connectivity index (χ1n) is 4.63. The molecule has 0 aromatic heterocycles. The van der Waals surface area contributed by atoms with Gasteiger partial charge in [0, 0.05) is 23.8 Å². The molecular formula is C9H18N2OS. The number of rotatable bonds is 3. The zero-order valence-corrected chi connectivity index (χ0v) is 9.12. The molecule has 4 heteroatoms. The van der Waals surface area contributed by atoms with Crippen LogP contribution in [0.25, 0.3) is 0 Å². The molecule has 0 radical (unpaired) electrons. The third kappa shape index (κ3) is 4.52. The van der Waals surface area contributed by atoms with Crippen LogP contribution in [-0.4, -0.2) is 29.0 Å². The van der Waals surface area contributed by atoms with Crippen molar-refractivity contribution in [2.75, 3.05) is 11.5 Å². The van der Waals surface area contributed by atoms with Crippen LogP contribution in [0, 0.1) is 0 Å². The Balaban J connectivity index is 2.24. The maximum Gasteiger partial charge on any atom is 0.222 e. The van der Waals surface area contributed by atoms with Crippen molar-refractivity contribution in [1.82, 2.24) is 5.32 Å². The van der Waals surface area contributed by atoms with Crippen molar-refractivity contribution in [1.29, 1.82) is 0 Å². The van der Waals surface area contributed by atoms with Crippen LogP contribution in [0.15, 0.2) is 0 Å². The van der Waals surface area contributed by atoms with Gasteiger partial charge in [0.2, 0.25) is 5.91 Å². The number of hydrogen-bond acceptors (Lipinski definition) is 3. The molecule has 1 heterocycles. The minimum Gasteiger partial charge on any atom is -0.352 e. The molecule has 13 heavy (non-hydrogen) atoms. The Labute approximate surface area is 83.8 Å². The van der Waals surface area contributed by atoms with Gasteiger partial charge in [-0.2, -0.15) is 11.8 Å². The van der Waals surface area contributed by atoms with E-state index in [0.717, 1.165) is 17.9 Å². The minimum absolute atomic E-state index is 0.0833. The van der Waals surface area contributed by atoms with Gasteiger partial charge in [-0.05, 0) is 26.0 Å². The second-order valence-electron chi connectivity index (χ2n) is 4.29. The van der Waals surface area contributed by atoms with E-state index < -0.39 is 5.54 Å². The summed E-state index contributed by atoms with van der Waals surface area (Å²) in [5.41, 5.74) is 5.35. The van der Waals surface area contributed by atoms with E-state index in [-0.39, 0.29) is 5.91 Å². The van der Waals surface area contributed by atoms with E-state index >= 15 is 0 Å². The van der Waals surface area contributed by atoms with Gasteiger partial charge in [-0.1, -0.05) is 0 Å². The van der Waals surface area contributed by atoms with Crippen molar-refractivity contribution in [3.63, 3.8) is 0 Å². The SMILES string of the molecule is CC(C)(N)CC(=O)NC1CCSC1. The number of thioether (sulfide) groups is 1. The maximum absolute atomic E-state index is 11.4. The van der Waals surface area contributed by atoms with E-state index in [4.69, 9.17) is 5.73 Å². The van der Waals surface area contributed by atoms with E-state index in [2.05, 4.69) is 5.32 Å². The first-order valence-corrected chi connectivity index (χ1v) is 5.79. The largest absolute Gasteiger partial charge is 0.352 e. The van der Waals surface area contributed by atoms with Crippen molar-refractivity contribution in [3.8, 4) is 0 Å². The fourth-order valence-corrected chi connectivity index (χ4v) is 2.49. The Kier molecular flexibility index (Phi) is 3.62. The van der Waals surface area contributed by atoms with Crippen LogP contribution in [0.5, 0.6) is 0 Å². The lowest BCUT2D eigenvalue weighted by Crippen LogP contribution is -2.42. The van der Waals surface area contributed by atoms with Gasteiger partial charge < -0.3 is 11.1 Å². The molecule has 1 rings (SSSR count). The molecule has 3 N–H and O–H groups in total. The first kappa shape index (κ1) is 10.9. The second kappa shape index (κ2) is 4.33. The number of amides is 1. The van der Waals surface area contributed by atoms with Crippen LogP contribution in [-0.2, 0) is 4.79 Å². The van der Waals surface area contributed by atoms with E-state index in [0.29, 0.717) is 12.5 Å². The minimum atomic E-state index is -0.393. The average molecular weight is 202 g/mol. The van der Waals surface area contributed by atoms with Crippen molar-refractivity contribution < 1.29 is 4.79 Å². The first-order chi connectivity index (χ1) is 5.97. The Morgan fingerprint density at radius 1 is 1.69 bits per heavy atom. The monoisotopic (exact) mass is 202 g/mol. The standard InChI is InChI=1S/C9H18N2OS/c1-9(2,10)5-8(12)11-7-3-4-13-6-7/h7H,3-6,10H2,1-2H3,(H,11,12). The summed E-state index contributed by atoms with van der Waals surface area (Å²) in [6.45, 7) is 3.74. The molecule has 0 aromatic carbocycles. The summed E-state index contributed by atoms with van der Waals surface area (Å²) < 4.78 is 0. The summed E-state index contributed by atoms with van der Waals surface area (Å²) in [5.74, 6) is 2.30. The van der Waals surface area contributed by atoms with E-state index in [9.17, 15) is 4.79 Å². The summed E-state index contributed by atoms with van der Waals surface area (Å²) in [7, 11) is 0. The molecule has 0 aliphatic carbocycles. The highest BCUT2D eigenvalue weighted by molar-refractivity contribution is 7.99. The Bertz CT molecular complexity index is 183. The molecule has 1 fully saturated rings. The highest BCUT2D eigenvalue weighted by Gasteiger charge is 2.21. The van der Waals surface area contributed by atoms with Gasteiger partial charge in [0.25, 0.3) is 0 Å². The summed E-state index contributed by atoms with van der Waals surface area (Å²) in [6, 6.07) is 0.375. The van der Waals surface area contributed by atoms with E-state index in [1.807, 2.05) is 25.6 Å². The highest BCUT2D eigenvalue weighted by atomic mass is 32.2. The second-order valence-corrected chi connectivity index (χ2v) is 5.44. The predicted octanol–water partition coefficient (Wildman–Crippen LogP) is 0.735. The molecule has 1 aliphatic heterocycles. The highest BCUT2D eigenvalue weighted by Crippen LogP contribution is 2.17. The number of carbonyl (C=O) groups is 1. The zero-order chi connectivity index (χ0) is 9.90. The van der Waals surface area contributed by atoms with E-state index in [1.165, 1.54) is 0 Å². The summed E-state index contributed by atoms with van der Waals surface area (Å²) in [6.07, 6.45) is 1.51. The lowest BCUT2D eigenvalue weighted by Gasteiger charge is -2.19. The molecule has 76 valence electrons. The normalized spacial score (nSPS) is 23.2. The van der Waals surface area contributed by atoms with Crippen LogP contribution >= 0.6 is 11.8 Å². The summed E-state index contributed by atoms with van der Waals surface area (Å²) in [5, 5.41) is 3.00. The van der Waals surface area contributed by atoms with Gasteiger partial charge in [0.15, 0.2) is 0 Å². The third-order valence-corrected chi connectivity index (χ3v) is 3.07. The molecule has 1 saturated heterocycles. The molecule has 0 aromatic rings. The van der Waals surface area contributed by atoms with Crippen LogP contribution in [0.1, 0.15) is 26.7 Å². The molecule has 1 unspecified atom stereocenters. The van der Waals surface area contributed by atoms with Gasteiger partial charge in [0.1, 0.15) is 0 Å². The number of carbonyl (C=O) groups excluding carboxylic acids is 1. The molecule has 1 amide bonds. The van der Waals surface area contributed by atoms with Gasteiger partial charge in [-0.25, -0.2) is 0 Å². The van der Waals surface area contributed by atoms with Gasteiger partial charge in [-0.3, -0.25) is 4.79 Å². The summed E-state index contributed by atoms with van der Waals surface area (Å²) in [4.78, 5) is 11.4. The van der Waals surface area contributed by atoms with Crippen LogP contribution < -0.4 is 11.1 Å². The maximum atomic E-state index is 11.4. The lowest BCUT2D eigenvalue weighted by molar-refractivity contribution is -0.122. The molecule has 0 bridgehead atoms. The van der Waals surface area contributed by atoms with Crippen molar-refractivity contribution >= 4 is 17.7 Å². The van der Waals surface area contributed by atoms with Crippen LogP contribution in [0.2, 0.25) is 0 Å². The predicted molar refractivity (Wildman–Crippen MR) is 56.8 cm³/mol. The molecule has 0 saturated carbocycles. The fraction of sp³-hybridized carbons (Fsp3) is 0.889. The van der Waals surface area contributed by atoms with Crippen molar-refractivity contribution in [2.45, 2.75) is 38.3 Å². The summed E-state index contributed by atoms with van der Waals surface area (Å²) >= 11 is 1.90. The molecule has 1 atom stereocenters. The lowest BCUT2D eigenvalue weighted by atomic mass is 10.0. The van der Waals surface area contributed by atoms with Crippen LogP contribution in [0.4, 0.5) is 0 Å². The number of nitrogens with two attached hydrogens (primary N) is 1. The van der Waals surface area contributed by atoms with Crippen molar-refractivity contribution in [3.05, 3.63) is 0 Å². The van der Waals surface area contributed by atoms with Crippen LogP contribution in [0.3, 0.4) is 0 Å². The van der Waals surface area contributed by atoms with Gasteiger partial charge in [0.05, 0.1) is 0 Å². The quantitative estimate of drug-likeness (QED) is 0.709. The third-order valence-electron chi connectivity index (χ3n) is 1.91. The molecular weight excluding hydrogens is 184 g/mol. The zero-order valence-electron chi connectivity index (χ0n) is 8.30.